The number of fused-ring (bicyclic) bond motifs is 3. The summed E-state index contributed by atoms with van der Waals surface area (Å²) in [4.78, 5) is 0. The summed E-state index contributed by atoms with van der Waals surface area (Å²) in [7, 11) is 0. The molecule has 0 aromatic heterocycles. The van der Waals surface area contributed by atoms with Crippen LogP contribution in [0.5, 0.6) is 0 Å². The molecule has 0 heteroatoms. The Labute approximate surface area is 115 Å². The van der Waals surface area contributed by atoms with Gasteiger partial charge in [-0.05, 0) is 52.8 Å². The van der Waals surface area contributed by atoms with Crippen LogP contribution in [0.25, 0.3) is 10.8 Å². The first-order valence-electron chi connectivity index (χ1n) is 7.47. The van der Waals surface area contributed by atoms with Gasteiger partial charge in [-0.25, -0.2) is 0 Å². The third-order valence-electron chi connectivity index (χ3n) is 5.34. The maximum Gasteiger partial charge on any atom is -0.0181 e. The summed E-state index contributed by atoms with van der Waals surface area (Å²) in [5.41, 5.74) is 1.51. The number of benzene rings is 2. The number of hydrogen-bond donors (Lipinski definition) is 0. The molecule has 2 aliphatic rings. The van der Waals surface area contributed by atoms with Crippen molar-refractivity contribution in [1.29, 1.82) is 0 Å². The summed E-state index contributed by atoms with van der Waals surface area (Å²) >= 11 is 0. The lowest BCUT2D eigenvalue weighted by Gasteiger charge is -2.25. The molecule has 0 spiro atoms. The predicted molar refractivity (Wildman–Crippen MR) is 81.0 cm³/mol. The Morgan fingerprint density at radius 3 is 2.53 bits per heavy atom. The second-order valence-corrected chi connectivity index (χ2v) is 6.36. The Bertz CT molecular complexity index is 637. The zero-order valence-corrected chi connectivity index (χ0v) is 11.4. The molecular formula is C19H20. The van der Waals surface area contributed by atoms with Crippen LogP contribution >= 0.6 is 0 Å². The first-order chi connectivity index (χ1) is 9.31. The van der Waals surface area contributed by atoms with E-state index in [9.17, 15) is 0 Å². The Kier molecular flexibility index (Phi) is 2.51. The van der Waals surface area contributed by atoms with Crippen LogP contribution in [0.15, 0.2) is 54.6 Å². The summed E-state index contributed by atoms with van der Waals surface area (Å²) in [6, 6.07) is 15.7. The average Bonchev–Trinajstić information content (AvgIpc) is 3.02. The molecule has 4 unspecified atom stereocenters. The lowest BCUT2D eigenvalue weighted by atomic mass is 9.80. The predicted octanol–water partition coefficient (Wildman–Crippen LogP) is 4.84. The molecule has 0 amide bonds. The highest BCUT2D eigenvalue weighted by Crippen LogP contribution is 2.48. The van der Waals surface area contributed by atoms with Crippen LogP contribution < -0.4 is 0 Å². The van der Waals surface area contributed by atoms with Gasteiger partial charge in [-0.2, -0.15) is 0 Å². The smallest absolute Gasteiger partial charge is 0.0181 e. The minimum Gasteiger partial charge on any atom is -0.0848 e. The van der Waals surface area contributed by atoms with E-state index >= 15 is 0 Å². The van der Waals surface area contributed by atoms with Gasteiger partial charge in [0.05, 0.1) is 0 Å². The van der Waals surface area contributed by atoms with Gasteiger partial charge in [-0.1, -0.05) is 61.5 Å². The SMILES string of the molecule is CC1C2C=CC(C2)C1Cc1ccc2ccccc2c1. The molecule has 0 N–H and O–H groups in total. The van der Waals surface area contributed by atoms with E-state index in [1.165, 1.54) is 29.2 Å². The minimum atomic E-state index is 0.839. The van der Waals surface area contributed by atoms with Gasteiger partial charge in [0.1, 0.15) is 0 Å². The average molecular weight is 248 g/mol. The number of allylic oxidation sites excluding steroid dienone is 2. The van der Waals surface area contributed by atoms with Crippen molar-refractivity contribution in [3.05, 3.63) is 60.2 Å². The van der Waals surface area contributed by atoms with Crippen LogP contribution in [0, 0.1) is 23.7 Å². The molecule has 1 saturated carbocycles. The van der Waals surface area contributed by atoms with E-state index in [1.54, 1.807) is 0 Å². The largest absolute Gasteiger partial charge is 0.0848 e. The van der Waals surface area contributed by atoms with Crippen LogP contribution in [0.2, 0.25) is 0 Å². The first-order valence-corrected chi connectivity index (χ1v) is 7.47. The summed E-state index contributed by atoms with van der Waals surface area (Å²) in [6.45, 7) is 2.44. The fraction of sp³-hybridized carbons (Fsp3) is 0.368. The molecule has 1 fully saturated rings. The van der Waals surface area contributed by atoms with Crippen molar-refractivity contribution in [2.75, 3.05) is 0 Å². The summed E-state index contributed by atoms with van der Waals surface area (Å²) < 4.78 is 0. The van der Waals surface area contributed by atoms with Gasteiger partial charge in [-0.15, -0.1) is 0 Å². The van der Waals surface area contributed by atoms with E-state index in [2.05, 4.69) is 61.5 Å². The van der Waals surface area contributed by atoms with Crippen molar-refractivity contribution >= 4 is 10.8 Å². The second-order valence-electron chi connectivity index (χ2n) is 6.36. The molecular weight excluding hydrogens is 228 g/mol. The lowest BCUT2D eigenvalue weighted by Crippen LogP contribution is -2.19. The van der Waals surface area contributed by atoms with Gasteiger partial charge in [0, 0.05) is 0 Å². The third kappa shape index (κ3) is 1.82. The zero-order chi connectivity index (χ0) is 12.8. The second kappa shape index (κ2) is 4.23. The van der Waals surface area contributed by atoms with E-state index in [4.69, 9.17) is 0 Å². The molecule has 0 heterocycles. The first kappa shape index (κ1) is 11.3. The molecule has 2 aliphatic carbocycles. The summed E-state index contributed by atoms with van der Waals surface area (Å²) in [5, 5.41) is 2.73. The van der Waals surface area contributed by atoms with E-state index in [1.807, 2.05) is 0 Å². The highest BCUT2D eigenvalue weighted by Gasteiger charge is 2.41. The topological polar surface area (TPSA) is 0 Å². The van der Waals surface area contributed by atoms with Crippen molar-refractivity contribution in [1.82, 2.24) is 0 Å². The van der Waals surface area contributed by atoms with E-state index < -0.39 is 0 Å². The van der Waals surface area contributed by atoms with Crippen molar-refractivity contribution in [2.24, 2.45) is 23.7 Å². The quantitative estimate of drug-likeness (QED) is 0.667. The van der Waals surface area contributed by atoms with E-state index in [0.29, 0.717) is 0 Å². The highest BCUT2D eigenvalue weighted by molar-refractivity contribution is 5.82. The van der Waals surface area contributed by atoms with Gasteiger partial charge in [0.15, 0.2) is 0 Å². The Hall–Kier alpha value is -1.56. The van der Waals surface area contributed by atoms with E-state index in [-0.39, 0.29) is 0 Å². The van der Waals surface area contributed by atoms with Crippen molar-refractivity contribution in [2.45, 2.75) is 19.8 Å². The molecule has 4 atom stereocenters. The van der Waals surface area contributed by atoms with Crippen LogP contribution in [0.4, 0.5) is 0 Å². The Morgan fingerprint density at radius 1 is 0.947 bits per heavy atom. The number of hydrogen-bond acceptors (Lipinski definition) is 0. The zero-order valence-electron chi connectivity index (χ0n) is 11.4. The molecule has 19 heavy (non-hydrogen) atoms. The van der Waals surface area contributed by atoms with Crippen LogP contribution in [0.3, 0.4) is 0 Å². The normalized spacial score (nSPS) is 32.3. The van der Waals surface area contributed by atoms with Crippen LogP contribution in [-0.4, -0.2) is 0 Å². The maximum atomic E-state index is 2.47. The minimum absolute atomic E-state index is 0.839. The maximum absolute atomic E-state index is 2.47. The van der Waals surface area contributed by atoms with Crippen molar-refractivity contribution < 1.29 is 0 Å². The van der Waals surface area contributed by atoms with Gasteiger partial charge in [-0.3, -0.25) is 0 Å². The van der Waals surface area contributed by atoms with Gasteiger partial charge >= 0.3 is 0 Å². The molecule has 0 nitrogen and oxygen atoms in total. The highest BCUT2D eigenvalue weighted by atomic mass is 14.5. The van der Waals surface area contributed by atoms with Gasteiger partial charge in [0.25, 0.3) is 0 Å². The monoisotopic (exact) mass is 248 g/mol. The molecule has 0 radical (unpaired) electrons. The lowest BCUT2D eigenvalue weighted by molar-refractivity contribution is 0.333. The molecule has 0 saturated heterocycles. The molecule has 2 aromatic rings. The molecule has 0 aliphatic heterocycles. The fourth-order valence-electron chi connectivity index (χ4n) is 4.15. The molecule has 4 rings (SSSR count). The Morgan fingerprint density at radius 2 is 1.74 bits per heavy atom. The van der Waals surface area contributed by atoms with Gasteiger partial charge < -0.3 is 0 Å². The summed E-state index contributed by atoms with van der Waals surface area (Å²) in [5.74, 6) is 3.42. The molecule has 96 valence electrons. The van der Waals surface area contributed by atoms with Gasteiger partial charge in [0.2, 0.25) is 0 Å². The van der Waals surface area contributed by atoms with Crippen LogP contribution in [-0.2, 0) is 6.42 Å². The molecule has 2 aromatic carbocycles. The van der Waals surface area contributed by atoms with E-state index in [0.717, 1.165) is 23.7 Å². The number of rotatable bonds is 2. The van der Waals surface area contributed by atoms with Crippen molar-refractivity contribution in [3.63, 3.8) is 0 Å². The van der Waals surface area contributed by atoms with Crippen molar-refractivity contribution in [3.8, 4) is 0 Å². The van der Waals surface area contributed by atoms with Crippen LogP contribution in [0.1, 0.15) is 18.9 Å². The molecule has 2 bridgehead atoms. The third-order valence-corrected chi connectivity index (χ3v) is 5.34. The Balaban J connectivity index is 1.63. The summed E-state index contributed by atoms with van der Waals surface area (Å²) in [6.07, 6.45) is 7.57. The fourth-order valence-corrected chi connectivity index (χ4v) is 4.15. The standard InChI is InChI=1S/C19H20/c1-13-16-8-9-18(12-16)19(13)11-14-6-7-15-4-2-3-5-17(15)10-14/h2-10,13,16,18-19H,11-12H2,1H3.